The molecule has 0 aliphatic carbocycles. The van der Waals surface area contributed by atoms with Gasteiger partial charge in [-0.1, -0.05) is 17.8 Å². The Balaban J connectivity index is 1.65. The molecule has 3 rings (SSSR count). The molecule has 0 radical (unpaired) electrons. The number of ketones is 1. The number of nitrogens with zero attached hydrogens (tertiary/aromatic N) is 2. The van der Waals surface area contributed by atoms with Gasteiger partial charge in [0, 0.05) is 12.0 Å². The molecule has 2 aromatic rings. The third-order valence-electron chi connectivity index (χ3n) is 4.99. The first kappa shape index (κ1) is 20.1. The fraction of sp³-hybridized carbons (Fsp3) is 0.526. The first-order valence-corrected chi connectivity index (χ1v) is 11.7. The summed E-state index contributed by atoms with van der Waals surface area (Å²) in [4.78, 5) is 12.8. The van der Waals surface area contributed by atoms with E-state index in [1.54, 1.807) is 0 Å². The van der Waals surface area contributed by atoms with Crippen LogP contribution in [0.4, 0.5) is 0 Å². The van der Waals surface area contributed by atoms with Crippen molar-refractivity contribution in [2.24, 2.45) is 5.92 Å². The third-order valence-corrected chi connectivity index (χ3v) is 7.76. The first-order chi connectivity index (χ1) is 12.6. The van der Waals surface area contributed by atoms with Gasteiger partial charge in [-0.2, -0.15) is 0 Å². The molecule has 2 atom stereocenters. The maximum Gasteiger partial charge on any atom is 0.277 e. The van der Waals surface area contributed by atoms with Gasteiger partial charge >= 0.3 is 0 Å². The molecule has 0 saturated carbocycles. The Labute approximate surface area is 164 Å². The van der Waals surface area contributed by atoms with E-state index in [0.29, 0.717) is 29.5 Å². The highest BCUT2D eigenvalue weighted by atomic mass is 32.2. The number of aromatic nitrogens is 2. The van der Waals surface area contributed by atoms with Crippen LogP contribution in [0.25, 0.3) is 0 Å². The molecule has 27 heavy (non-hydrogen) atoms. The molecular formula is C19H24N2O4S2. The summed E-state index contributed by atoms with van der Waals surface area (Å²) in [6.07, 6.45) is 1.10. The van der Waals surface area contributed by atoms with Crippen LogP contribution < -0.4 is 0 Å². The lowest BCUT2D eigenvalue weighted by Gasteiger charge is -2.12. The smallest absolute Gasteiger partial charge is 0.277 e. The molecule has 0 bridgehead atoms. The second-order valence-electron chi connectivity index (χ2n) is 7.31. The summed E-state index contributed by atoms with van der Waals surface area (Å²) in [5.74, 6) is 0.905. The molecule has 0 spiro atoms. The molecule has 0 N–H and O–H groups in total. The number of hydrogen-bond donors (Lipinski definition) is 0. The standard InChI is InChI=1S/C19H24N2O4S2/c1-11-7-13(3)16(8-12(11)2)18(22)14(4)26-19-21-20-17(25-19)9-15-5-6-27(23,24)10-15/h7-8,14-15H,5-6,9-10H2,1-4H3/t14-,15-/m1/s1. The van der Waals surface area contributed by atoms with Crippen molar-refractivity contribution in [2.45, 2.75) is 51.0 Å². The predicted octanol–water partition coefficient (Wildman–Crippen LogP) is 3.34. The number of hydrogen-bond acceptors (Lipinski definition) is 7. The molecule has 8 heteroatoms. The Hall–Kier alpha value is -1.67. The molecule has 1 aliphatic heterocycles. The Morgan fingerprint density at radius 3 is 2.59 bits per heavy atom. The van der Waals surface area contributed by atoms with Gasteiger partial charge in [-0.15, -0.1) is 10.2 Å². The summed E-state index contributed by atoms with van der Waals surface area (Å²) in [6.45, 7) is 7.80. The van der Waals surface area contributed by atoms with E-state index in [1.165, 1.54) is 17.3 Å². The number of benzene rings is 1. The minimum Gasteiger partial charge on any atom is -0.416 e. The zero-order chi connectivity index (χ0) is 19.8. The molecule has 1 aliphatic rings. The van der Waals surface area contributed by atoms with Crippen LogP contribution in [-0.2, 0) is 16.3 Å². The fourth-order valence-electron chi connectivity index (χ4n) is 3.30. The van der Waals surface area contributed by atoms with E-state index in [0.717, 1.165) is 11.1 Å². The van der Waals surface area contributed by atoms with E-state index < -0.39 is 9.84 Å². The Kier molecular flexibility index (Phi) is 5.76. The van der Waals surface area contributed by atoms with Crippen LogP contribution in [0.1, 0.15) is 46.3 Å². The van der Waals surface area contributed by atoms with Gasteiger partial charge < -0.3 is 4.42 Å². The quantitative estimate of drug-likeness (QED) is 0.535. The molecule has 0 unspecified atom stereocenters. The van der Waals surface area contributed by atoms with Crippen LogP contribution in [0.15, 0.2) is 21.8 Å². The van der Waals surface area contributed by atoms with Gasteiger partial charge in [0.1, 0.15) is 0 Å². The Morgan fingerprint density at radius 1 is 1.22 bits per heavy atom. The van der Waals surface area contributed by atoms with Gasteiger partial charge in [0.15, 0.2) is 15.6 Å². The van der Waals surface area contributed by atoms with Crippen LogP contribution in [0.2, 0.25) is 0 Å². The molecule has 1 fully saturated rings. The van der Waals surface area contributed by atoms with Crippen LogP contribution >= 0.6 is 11.8 Å². The van der Waals surface area contributed by atoms with Crippen molar-refractivity contribution in [1.29, 1.82) is 0 Å². The van der Waals surface area contributed by atoms with Gasteiger partial charge in [-0.3, -0.25) is 4.79 Å². The van der Waals surface area contributed by atoms with E-state index in [4.69, 9.17) is 4.42 Å². The van der Waals surface area contributed by atoms with Gasteiger partial charge in [0.2, 0.25) is 5.89 Å². The molecule has 1 saturated heterocycles. The number of thioether (sulfide) groups is 1. The summed E-state index contributed by atoms with van der Waals surface area (Å²) in [5, 5.41) is 8.01. The van der Waals surface area contributed by atoms with E-state index >= 15 is 0 Å². The zero-order valence-corrected chi connectivity index (χ0v) is 17.6. The summed E-state index contributed by atoms with van der Waals surface area (Å²) in [6, 6.07) is 3.96. The van der Waals surface area contributed by atoms with Crippen LogP contribution in [0.3, 0.4) is 0 Å². The van der Waals surface area contributed by atoms with Gasteiger partial charge in [-0.25, -0.2) is 8.42 Å². The van der Waals surface area contributed by atoms with Crippen molar-refractivity contribution in [2.75, 3.05) is 11.5 Å². The minimum atomic E-state index is -2.92. The topological polar surface area (TPSA) is 90.1 Å². The second-order valence-corrected chi connectivity index (χ2v) is 10.8. The van der Waals surface area contributed by atoms with Crippen molar-refractivity contribution in [1.82, 2.24) is 10.2 Å². The summed E-state index contributed by atoms with van der Waals surface area (Å²) in [5.41, 5.74) is 3.94. The summed E-state index contributed by atoms with van der Waals surface area (Å²) in [7, 11) is -2.92. The fourth-order valence-corrected chi connectivity index (χ4v) is 5.93. The molecular weight excluding hydrogens is 384 g/mol. The average molecular weight is 409 g/mol. The molecule has 0 amide bonds. The van der Waals surface area contributed by atoms with Crippen molar-refractivity contribution in [3.05, 3.63) is 40.3 Å². The lowest BCUT2D eigenvalue weighted by molar-refractivity contribution is 0.0993. The number of rotatable bonds is 6. The highest BCUT2D eigenvalue weighted by molar-refractivity contribution is 8.00. The maximum atomic E-state index is 12.8. The first-order valence-electron chi connectivity index (χ1n) is 8.96. The molecule has 1 aromatic carbocycles. The zero-order valence-electron chi connectivity index (χ0n) is 16.0. The van der Waals surface area contributed by atoms with Crippen molar-refractivity contribution < 1.29 is 17.6 Å². The number of carbonyl (C=O) groups is 1. The normalized spacial score (nSPS) is 19.9. The predicted molar refractivity (Wildman–Crippen MR) is 105 cm³/mol. The van der Waals surface area contributed by atoms with Crippen molar-refractivity contribution in [3.8, 4) is 0 Å². The van der Waals surface area contributed by atoms with E-state index in [-0.39, 0.29) is 28.5 Å². The summed E-state index contributed by atoms with van der Waals surface area (Å²) >= 11 is 1.24. The Morgan fingerprint density at radius 2 is 1.93 bits per heavy atom. The van der Waals surface area contributed by atoms with E-state index in [9.17, 15) is 13.2 Å². The highest BCUT2D eigenvalue weighted by Gasteiger charge is 2.29. The van der Waals surface area contributed by atoms with Crippen LogP contribution in [0.5, 0.6) is 0 Å². The number of aryl methyl sites for hydroxylation is 3. The van der Waals surface area contributed by atoms with Gasteiger partial charge in [-0.05, 0) is 62.8 Å². The van der Waals surface area contributed by atoms with Crippen molar-refractivity contribution in [3.63, 3.8) is 0 Å². The lowest BCUT2D eigenvalue weighted by atomic mass is 9.97. The second kappa shape index (κ2) is 7.75. The monoisotopic (exact) mass is 408 g/mol. The average Bonchev–Trinajstić information content (AvgIpc) is 3.16. The van der Waals surface area contributed by atoms with E-state index in [1.807, 2.05) is 39.8 Å². The molecule has 6 nitrogen and oxygen atoms in total. The number of sulfone groups is 1. The van der Waals surface area contributed by atoms with Crippen LogP contribution in [0, 0.1) is 26.7 Å². The van der Waals surface area contributed by atoms with Gasteiger partial charge in [0.25, 0.3) is 5.22 Å². The summed E-state index contributed by atoms with van der Waals surface area (Å²) < 4.78 is 28.7. The Bertz CT molecular complexity index is 966. The third kappa shape index (κ3) is 4.79. The molecule has 2 heterocycles. The maximum absolute atomic E-state index is 12.8. The SMILES string of the molecule is Cc1cc(C)c(C(=O)[C@@H](C)Sc2nnc(C[C@H]3CCS(=O)(=O)C3)o2)cc1C. The number of Topliss-reactive ketones (excluding diaryl/α,β-unsaturated/α-hetero) is 1. The highest BCUT2D eigenvalue weighted by Crippen LogP contribution is 2.28. The van der Waals surface area contributed by atoms with Crippen molar-refractivity contribution >= 4 is 27.4 Å². The molecule has 1 aromatic heterocycles. The molecule has 146 valence electrons. The van der Waals surface area contributed by atoms with Crippen LogP contribution in [-0.4, -0.2) is 41.2 Å². The van der Waals surface area contributed by atoms with E-state index in [2.05, 4.69) is 10.2 Å². The number of carbonyl (C=O) groups excluding carboxylic acids is 1. The largest absolute Gasteiger partial charge is 0.416 e. The minimum absolute atomic E-state index is 0.0298. The lowest BCUT2D eigenvalue weighted by Crippen LogP contribution is -2.15. The van der Waals surface area contributed by atoms with Gasteiger partial charge in [0.05, 0.1) is 16.8 Å².